The molecule has 0 radical (unpaired) electrons. The van der Waals surface area contributed by atoms with Crippen molar-refractivity contribution in [1.82, 2.24) is 63.9 Å². The van der Waals surface area contributed by atoms with Gasteiger partial charge in [0.15, 0.2) is 15.1 Å². The molecule has 3 saturated heterocycles. The van der Waals surface area contributed by atoms with E-state index < -0.39 is 53.4 Å². The summed E-state index contributed by atoms with van der Waals surface area (Å²) in [5, 5.41) is 9.40. The standard InChI is InChI=1S/C36H47ClN6O5S.2C31H38N6O3S/c1-34(2,3)48-33(45)43-22-23(21-36(43,6)7)16-17-27(26-13-8-9-19-38-26)39-28-14-10-15-29(40-28)49(46,47)42-32(44)25-20-24-12-11-18-35(4,5)30(24)41-31(25)37;2*1-30(2)15-8-9-21-17-22-28(35-27(21)30)37-19-20(18-31(37,3)4)13-14-24(23-10-5-6-16-32-23)33-25-11-7-12-26(34-25)41(39,40)36-29(22)38/h8-10,13-15,19-20,23,27H,11-12,16-18,21-22H2,1-7H3,(H,39,40)(H,42,44);2*5-7,10-12,16-17,20,24H,8-9,13-15,18-19H2,1-4H3,(H,33,34)(H,36,38)/t23-,27?;2*20-,24?/m000/s1. The van der Waals surface area contributed by atoms with Crippen LogP contribution in [0.2, 0.25) is 5.15 Å². The number of aromatic nitrogens is 9. The molecule has 8 bridgehead atoms. The molecule has 29 nitrogen and oxygen atoms in total. The molecule has 17 rings (SSSR count). The van der Waals surface area contributed by atoms with E-state index in [1.165, 1.54) is 18.2 Å². The Morgan fingerprint density at radius 1 is 0.542 bits per heavy atom. The van der Waals surface area contributed by atoms with Gasteiger partial charge in [-0.3, -0.25) is 29.3 Å². The van der Waals surface area contributed by atoms with Gasteiger partial charge in [0.1, 0.15) is 39.8 Å². The fourth-order valence-corrected chi connectivity index (χ4v) is 23.5. The SMILES string of the molecule is CC(C)(C)OC(=O)N1C[C@@H](CCC(Nc2cccc(S(=O)(=O)NC(=O)c3cc4c(nc3Cl)C(C)(C)CCC4)n2)c2ccccn2)CC1(C)C.CC1(C)CCCc2cc3c(nc21)N1C[C@@H](CCC(c2ccccn2)Nc2cccc(n2)S(=O)(=O)NC3=O)CC1(C)C.CC1(C)CCCc2cc3c(nc21)N1C[C@@H](CCC(c2ccccn2)Nc2cccc(n2)S(=O)(=O)NC3=O)CC1(C)C. The number of hydrogen-bond acceptors (Lipinski definition) is 25. The number of carbonyl (C=O) groups is 4. The highest BCUT2D eigenvalue weighted by molar-refractivity contribution is 7.90. The number of ether oxygens (including phenoxy) is 1. The molecule has 0 aromatic carbocycles. The Balaban J connectivity index is 0.000000151. The molecule has 696 valence electrons. The van der Waals surface area contributed by atoms with Crippen molar-refractivity contribution >= 4 is 94.6 Å². The molecular formula is C98H123ClN18O11S3. The van der Waals surface area contributed by atoms with E-state index in [1.54, 1.807) is 61.1 Å². The zero-order chi connectivity index (χ0) is 93.8. The predicted molar refractivity (Wildman–Crippen MR) is 506 cm³/mol. The van der Waals surface area contributed by atoms with Crippen LogP contribution in [-0.2, 0) is 70.3 Å². The molecule has 8 aliphatic rings. The first kappa shape index (κ1) is 94.8. The minimum Gasteiger partial charge on any atom is -0.444 e. The normalized spacial score (nSPS) is 22.5. The van der Waals surface area contributed by atoms with Gasteiger partial charge in [-0.2, -0.15) is 25.3 Å². The number of halogens is 1. The van der Waals surface area contributed by atoms with Gasteiger partial charge in [-0.05, 0) is 303 Å². The largest absolute Gasteiger partial charge is 0.444 e. The summed E-state index contributed by atoms with van der Waals surface area (Å²) in [4.78, 5) is 102. The van der Waals surface area contributed by atoms with E-state index in [9.17, 15) is 44.4 Å². The molecule has 6 N–H and O–H groups in total. The molecule has 9 aromatic heterocycles. The summed E-state index contributed by atoms with van der Waals surface area (Å²) < 4.78 is 93.2. The number of pyridine rings is 9. The predicted octanol–water partition coefficient (Wildman–Crippen LogP) is 17.5. The topological polar surface area (TPSA) is 378 Å². The molecule has 131 heavy (non-hydrogen) atoms. The minimum atomic E-state index is -4.36. The van der Waals surface area contributed by atoms with Crippen molar-refractivity contribution in [3.63, 3.8) is 0 Å². The monoisotopic (exact) mass is 1860 g/mol. The van der Waals surface area contributed by atoms with Gasteiger partial charge < -0.3 is 35.4 Å². The summed E-state index contributed by atoms with van der Waals surface area (Å²) >= 11 is 6.42. The summed E-state index contributed by atoms with van der Waals surface area (Å²) in [5.41, 5.74) is 6.97. The number of fused-ring (bicyclic) bond motifs is 15. The molecule has 4 amide bonds. The second kappa shape index (κ2) is 37.0. The van der Waals surface area contributed by atoms with Gasteiger partial charge in [0.2, 0.25) is 0 Å². The molecule has 3 unspecified atom stereocenters. The Morgan fingerprint density at radius 2 is 1.01 bits per heavy atom. The maximum atomic E-state index is 13.8. The van der Waals surface area contributed by atoms with Crippen molar-refractivity contribution < 1.29 is 49.2 Å². The van der Waals surface area contributed by atoms with E-state index in [0.29, 0.717) is 65.0 Å². The molecule has 9 aromatic rings. The van der Waals surface area contributed by atoms with E-state index in [0.717, 1.165) is 173 Å². The van der Waals surface area contributed by atoms with E-state index >= 15 is 0 Å². The first-order valence-corrected chi connectivity index (χ1v) is 50.5. The van der Waals surface area contributed by atoms with Crippen LogP contribution in [0.1, 0.15) is 300 Å². The number of hydrogen-bond donors (Lipinski definition) is 6. The quantitative estimate of drug-likeness (QED) is 0.0655. The van der Waals surface area contributed by atoms with Gasteiger partial charge in [-0.1, -0.05) is 89.5 Å². The van der Waals surface area contributed by atoms with Crippen LogP contribution >= 0.6 is 11.6 Å². The van der Waals surface area contributed by atoms with Gasteiger partial charge in [0, 0.05) is 71.1 Å². The molecule has 3 aliphatic carbocycles. The van der Waals surface area contributed by atoms with Crippen LogP contribution in [0.25, 0.3) is 0 Å². The number of anilines is 5. The molecular weight excluding hydrogens is 1740 g/mol. The zero-order valence-corrected chi connectivity index (χ0v) is 80.8. The van der Waals surface area contributed by atoms with Gasteiger partial charge in [-0.25, -0.2) is 48.9 Å². The van der Waals surface area contributed by atoms with Crippen molar-refractivity contribution in [3.8, 4) is 0 Å². The molecule has 14 heterocycles. The lowest BCUT2D eigenvalue weighted by molar-refractivity contribution is 0.0130. The minimum absolute atomic E-state index is 0.00603. The maximum absolute atomic E-state index is 13.8. The van der Waals surface area contributed by atoms with Gasteiger partial charge >= 0.3 is 6.09 Å². The average molecular weight is 1860 g/mol. The summed E-state index contributed by atoms with van der Waals surface area (Å²) in [7, 11) is -12.9. The number of aryl methyl sites for hydroxylation is 3. The van der Waals surface area contributed by atoms with Crippen LogP contribution < -0.4 is 39.9 Å². The molecule has 0 saturated carbocycles. The van der Waals surface area contributed by atoms with Crippen molar-refractivity contribution in [2.45, 2.75) is 291 Å². The van der Waals surface area contributed by atoms with E-state index in [2.05, 4.69) is 158 Å². The van der Waals surface area contributed by atoms with Crippen molar-refractivity contribution in [2.24, 2.45) is 17.8 Å². The molecule has 5 aliphatic heterocycles. The molecule has 6 atom stereocenters. The number of nitrogens with zero attached hydrogens (tertiary/aromatic N) is 12. The first-order chi connectivity index (χ1) is 61.7. The molecule has 0 spiro atoms. The molecule has 3 fully saturated rings. The van der Waals surface area contributed by atoms with Crippen molar-refractivity contribution in [1.29, 1.82) is 0 Å². The zero-order valence-electron chi connectivity index (χ0n) is 77.6. The van der Waals surface area contributed by atoms with Crippen LogP contribution in [0.5, 0.6) is 0 Å². The fourth-order valence-electron chi connectivity index (χ4n) is 20.5. The number of carbonyl (C=O) groups excluding carboxylic acids is 4. The highest BCUT2D eigenvalue weighted by Gasteiger charge is 2.48. The summed E-state index contributed by atoms with van der Waals surface area (Å²) in [5.74, 6) is 0.972. The Hall–Kier alpha value is -10.8. The summed E-state index contributed by atoms with van der Waals surface area (Å²) in [6.07, 6.45) is 20.7. The van der Waals surface area contributed by atoms with Crippen LogP contribution in [0, 0.1) is 17.8 Å². The fraction of sp³-hybridized carbons (Fsp3) is 0.500. The Labute approximate surface area is 775 Å². The number of nitrogens with one attached hydrogen (secondary N) is 6. The summed E-state index contributed by atoms with van der Waals surface area (Å²) in [6, 6.07) is 36.2. The third-order valence-corrected chi connectivity index (χ3v) is 31.0. The first-order valence-electron chi connectivity index (χ1n) is 45.7. The maximum Gasteiger partial charge on any atom is 0.410 e. The molecule has 33 heteroatoms. The Bertz CT molecular complexity index is 5920. The lowest BCUT2D eigenvalue weighted by Gasteiger charge is -2.37. The van der Waals surface area contributed by atoms with Crippen molar-refractivity contribution in [3.05, 3.63) is 219 Å². The lowest BCUT2D eigenvalue weighted by atomic mass is 9.75. The number of sulfonamides is 3. The highest BCUT2D eigenvalue weighted by Crippen LogP contribution is 2.48. The van der Waals surface area contributed by atoms with E-state index in [-0.39, 0.29) is 88.8 Å². The summed E-state index contributed by atoms with van der Waals surface area (Å²) in [6.45, 7) is 33.4. The second-order valence-corrected chi connectivity index (χ2v) is 46.5. The van der Waals surface area contributed by atoms with Crippen LogP contribution in [0.3, 0.4) is 0 Å². The smallest absolute Gasteiger partial charge is 0.410 e. The van der Waals surface area contributed by atoms with Crippen LogP contribution in [-0.4, -0.2) is 141 Å². The highest BCUT2D eigenvalue weighted by atomic mass is 35.5. The Kier molecular flexibility index (Phi) is 26.8. The van der Waals surface area contributed by atoms with E-state index in [4.69, 9.17) is 26.3 Å². The van der Waals surface area contributed by atoms with Gasteiger partial charge in [0.25, 0.3) is 47.8 Å². The number of amides is 4. The van der Waals surface area contributed by atoms with E-state index in [1.807, 2.05) is 92.4 Å². The number of rotatable bonds is 11. The van der Waals surface area contributed by atoms with Gasteiger partial charge in [0.05, 0.1) is 69.0 Å². The van der Waals surface area contributed by atoms with Crippen LogP contribution in [0.4, 0.5) is 33.9 Å². The van der Waals surface area contributed by atoms with Crippen molar-refractivity contribution in [2.75, 3.05) is 45.4 Å². The third-order valence-electron chi connectivity index (χ3n) is 27.0. The Morgan fingerprint density at radius 3 is 1.47 bits per heavy atom. The second-order valence-electron chi connectivity index (χ2n) is 41.2. The van der Waals surface area contributed by atoms with Crippen LogP contribution in [0.15, 0.2) is 161 Å². The number of likely N-dealkylation sites (tertiary alicyclic amines) is 1. The third kappa shape index (κ3) is 21.5. The van der Waals surface area contributed by atoms with Gasteiger partial charge in [-0.15, -0.1) is 0 Å². The average Bonchev–Trinajstić information content (AvgIpc) is 1.65. The lowest BCUT2D eigenvalue weighted by Crippen LogP contribution is -2.45.